The Hall–Kier alpha value is -2.04. The number of allylic oxidation sites excluding steroid dienone is 5. The largest absolute Gasteiger partial charge is 0.313 e. The van der Waals surface area contributed by atoms with Crippen LogP contribution in [0.2, 0.25) is 0 Å². The zero-order chi connectivity index (χ0) is 17.4. The highest BCUT2D eigenvalue weighted by molar-refractivity contribution is 5.35. The molecule has 0 bridgehead atoms. The van der Waals surface area contributed by atoms with Gasteiger partial charge in [0.2, 0.25) is 0 Å². The smallest absolute Gasteiger partial charge is 0.0242 e. The molecule has 0 radical (unpaired) electrons. The van der Waals surface area contributed by atoms with E-state index in [-0.39, 0.29) is 0 Å². The van der Waals surface area contributed by atoms with Crippen LogP contribution in [0.5, 0.6) is 0 Å². The van der Waals surface area contributed by atoms with Gasteiger partial charge in [-0.1, -0.05) is 41.9 Å². The summed E-state index contributed by atoms with van der Waals surface area (Å²) in [6, 6.07) is 8.51. The molecule has 1 heterocycles. The molecule has 2 rings (SSSR count). The Bertz CT molecular complexity index is 665. The lowest BCUT2D eigenvalue weighted by Gasteiger charge is -2.17. The van der Waals surface area contributed by atoms with Crippen LogP contribution < -0.4 is 5.32 Å². The molecule has 0 fully saturated rings. The highest BCUT2D eigenvalue weighted by atomic mass is 14.8. The second-order valence-electron chi connectivity index (χ2n) is 6.77. The molecule has 1 unspecified atom stereocenters. The predicted octanol–water partition coefficient (Wildman–Crippen LogP) is 5.36. The van der Waals surface area contributed by atoms with Gasteiger partial charge in [0.15, 0.2) is 0 Å². The molecule has 1 aromatic carbocycles. The summed E-state index contributed by atoms with van der Waals surface area (Å²) in [5, 5.41) is 3.59. The van der Waals surface area contributed by atoms with Crippen molar-refractivity contribution in [3.8, 4) is 12.3 Å². The molecular formula is C23H29N. The third-order valence-electron chi connectivity index (χ3n) is 4.76. The SMILES string of the molecule is C#Cc1ccc(C2CC/C=C/C(C)=C(C)\C=C(\C)CNCC2)cc1. The second kappa shape index (κ2) is 9.30. The summed E-state index contributed by atoms with van der Waals surface area (Å²) in [5.74, 6) is 3.27. The van der Waals surface area contributed by atoms with Crippen LogP contribution in [0, 0.1) is 12.3 Å². The van der Waals surface area contributed by atoms with Gasteiger partial charge in [-0.2, -0.15) is 0 Å². The molecule has 0 saturated carbocycles. The summed E-state index contributed by atoms with van der Waals surface area (Å²) >= 11 is 0. The van der Waals surface area contributed by atoms with Gasteiger partial charge in [-0.05, 0) is 81.3 Å². The average Bonchev–Trinajstić information content (AvgIpc) is 2.60. The van der Waals surface area contributed by atoms with Crippen LogP contribution in [0.3, 0.4) is 0 Å². The number of terminal acetylenes is 1. The normalized spacial score (nSPS) is 26.9. The van der Waals surface area contributed by atoms with Gasteiger partial charge in [0.25, 0.3) is 0 Å². The molecule has 24 heavy (non-hydrogen) atoms. The number of nitrogens with one attached hydrogen (secondary N) is 1. The molecule has 126 valence electrons. The van der Waals surface area contributed by atoms with Gasteiger partial charge < -0.3 is 5.32 Å². The summed E-state index contributed by atoms with van der Waals surface area (Å²) in [6.07, 6.45) is 15.8. The summed E-state index contributed by atoms with van der Waals surface area (Å²) in [7, 11) is 0. The maximum atomic E-state index is 5.47. The molecule has 0 aliphatic carbocycles. The maximum absolute atomic E-state index is 5.47. The summed E-state index contributed by atoms with van der Waals surface area (Å²) in [5.41, 5.74) is 6.44. The fourth-order valence-electron chi connectivity index (χ4n) is 3.11. The topological polar surface area (TPSA) is 12.0 Å². The molecule has 1 aliphatic heterocycles. The minimum absolute atomic E-state index is 0.574. The standard InChI is InChI=1S/C23H29N/c1-5-21-10-12-23(13-11-21)22-9-7-6-8-19(3)20(4)16-18(2)17-24-15-14-22/h1,6,8,10-13,16,22,24H,7,9,14-15,17H2,2-4H3/b8-6+,18-16-,20-19-. The molecule has 1 heteroatoms. The van der Waals surface area contributed by atoms with E-state index in [0.29, 0.717) is 5.92 Å². The second-order valence-corrected chi connectivity index (χ2v) is 6.77. The Labute approximate surface area is 147 Å². The van der Waals surface area contributed by atoms with Crippen molar-refractivity contribution in [3.05, 3.63) is 70.3 Å². The monoisotopic (exact) mass is 319 g/mol. The first-order valence-electron chi connectivity index (χ1n) is 8.88. The van der Waals surface area contributed by atoms with Gasteiger partial charge in [0, 0.05) is 12.1 Å². The quantitative estimate of drug-likeness (QED) is 0.687. The van der Waals surface area contributed by atoms with Crippen molar-refractivity contribution in [1.82, 2.24) is 5.32 Å². The van der Waals surface area contributed by atoms with E-state index in [1.165, 1.54) is 28.7 Å². The van der Waals surface area contributed by atoms with Crippen LogP contribution in [0.15, 0.2) is 59.2 Å². The maximum Gasteiger partial charge on any atom is 0.0242 e. The van der Waals surface area contributed by atoms with Gasteiger partial charge in [-0.3, -0.25) is 0 Å². The van der Waals surface area contributed by atoms with Crippen LogP contribution in [0.1, 0.15) is 57.1 Å². The first-order chi connectivity index (χ1) is 11.6. The van der Waals surface area contributed by atoms with E-state index in [9.17, 15) is 0 Å². The highest BCUT2D eigenvalue weighted by Gasteiger charge is 2.11. The Kier molecular flexibility index (Phi) is 7.09. The third kappa shape index (κ3) is 5.55. The molecule has 1 nitrogen and oxygen atoms in total. The minimum Gasteiger partial charge on any atom is -0.313 e. The lowest BCUT2D eigenvalue weighted by Crippen LogP contribution is -2.19. The Balaban J connectivity index is 2.14. The Morgan fingerprint density at radius 2 is 1.79 bits per heavy atom. The zero-order valence-electron chi connectivity index (χ0n) is 15.2. The average molecular weight is 319 g/mol. The molecule has 1 N–H and O–H groups in total. The van der Waals surface area contributed by atoms with Crippen molar-refractivity contribution < 1.29 is 0 Å². The minimum atomic E-state index is 0.574. The fourth-order valence-corrected chi connectivity index (χ4v) is 3.11. The van der Waals surface area contributed by atoms with E-state index in [1.807, 2.05) is 0 Å². The number of rotatable bonds is 1. The molecule has 0 amide bonds. The Morgan fingerprint density at radius 3 is 2.50 bits per heavy atom. The molecular weight excluding hydrogens is 290 g/mol. The fraction of sp³-hybridized carbons (Fsp3) is 0.391. The number of hydrogen-bond donors (Lipinski definition) is 1. The summed E-state index contributed by atoms with van der Waals surface area (Å²) in [4.78, 5) is 0. The predicted molar refractivity (Wildman–Crippen MR) is 105 cm³/mol. The van der Waals surface area contributed by atoms with Gasteiger partial charge >= 0.3 is 0 Å². The van der Waals surface area contributed by atoms with Crippen LogP contribution in [-0.4, -0.2) is 13.1 Å². The van der Waals surface area contributed by atoms with Crippen molar-refractivity contribution in [2.75, 3.05) is 13.1 Å². The number of hydrogen-bond acceptors (Lipinski definition) is 1. The lowest BCUT2D eigenvalue weighted by atomic mass is 9.90. The van der Waals surface area contributed by atoms with Crippen molar-refractivity contribution in [2.24, 2.45) is 0 Å². The van der Waals surface area contributed by atoms with Gasteiger partial charge in [-0.25, -0.2) is 0 Å². The van der Waals surface area contributed by atoms with Crippen molar-refractivity contribution in [1.29, 1.82) is 0 Å². The van der Waals surface area contributed by atoms with E-state index in [2.05, 4.69) is 74.5 Å². The first-order valence-corrected chi connectivity index (χ1v) is 8.88. The highest BCUT2D eigenvalue weighted by Crippen LogP contribution is 2.25. The van der Waals surface area contributed by atoms with E-state index in [4.69, 9.17) is 6.42 Å². The first kappa shape index (κ1) is 18.3. The molecule has 0 aromatic heterocycles. The molecule has 1 aliphatic rings. The summed E-state index contributed by atoms with van der Waals surface area (Å²) in [6.45, 7) is 8.58. The van der Waals surface area contributed by atoms with E-state index >= 15 is 0 Å². The van der Waals surface area contributed by atoms with Gasteiger partial charge in [0.05, 0.1) is 0 Å². The van der Waals surface area contributed by atoms with Gasteiger partial charge in [-0.15, -0.1) is 6.42 Å². The van der Waals surface area contributed by atoms with Crippen molar-refractivity contribution in [3.63, 3.8) is 0 Å². The van der Waals surface area contributed by atoms with Crippen molar-refractivity contribution in [2.45, 2.75) is 46.0 Å². The van der Waals surface area contributed by atoms with E-state index < -0.39 is 0 Å². The summed E-state index contributed by atoms with van der Waals surface area (Å²) < 4.78 is 0. The van der Waals surface area contributed by atoms with Crippen LogP contribution >= 0.6 is 0 Å². The van der Waals surface area contributed by atoms with E-state index in [0.717, 1.165) is 31.5 Å². The molecule has 0 spiro atoms. The van der Waals surface area contributed by atoms with Crippen LogP contribution in [0.4, 0.5) is 0 Å². The molecule has 1 aromatic rings. The molecule has 1 atom stereocenters. The van der Waals surface area contributed by atoms with E-state index in [1.54, 1.807) is 0 Å². The van der Waals surface area contributed by atoms with Crippen molar-refractivity contribution >= 4 is 0 Å². The van der Waals surface area contributed by atoms with Crippen LogP contribution in [0.25, 0.3) is 0 Å². The zero-order valence-corrected chi connectivity index (χ0v) is 15.2. The lowest BCUT2D eigenvalue weighted by molar-refractivity contribution is 0.551. The third-order valence-corrected chi connectivity index (χ3v) is 4.76. The number of benzene rings is 1. The Morgan fingerprint density at radius 1 is 1.04 bits per heavy atom. The van der Waals surface area contributed by atoms with Crippen LogP contribution in [-0.2, 0) is 0 Å². The van der Waals surface area contributed by atoms with Gasteiger partial charge in [0.1, 0.15) is 0 Å². The molecule has 0 saturated heterocycles.